The smallest absolute Gasteiger partial charge is 0.125 e. The molecule has 18 heavy (non-hydrogen) atoms. The molecule has 0 unspecified atom stereocenters. The number of para-hydroxylation sites is 2. The lowest BCUT2D eigenvalue weighted by Crippen LogP contribution is -2.00. The zero-order valence-corrected chi connectivity index (χ0v) is 10.2. The van der Waals surface area contributed by atoms with Crippen LogP contribution in [0.2, 0.25) is 0 Å². The molecule has 1 aromatic carbocycles. The first-order valence-corrected chi connectivity index (χ1v) is 5.89. The summed E-state index contributed by atoms with van der Waals surface area (Å²) in [7, 11) is 1.87. The molecule has 2 aromatic heterocycles. The number of nitrogens with one attached hydrogen (secondary N) is 1. The second-order valence-corrected chi connectivity index (χ2v) is 4.16. The van der Waals surface area contributed by atoms with E-state index in [1.54, 1.807) is 0 Å². The Morgan fingerprint density at radius 2 is 2.06 bits per heavy atom. The molecule has 0 spiro atoms. The summed E-state index contributed by atoms with van der Waals surface area (Å²) in [6.45, 7) is 0.803. The maximum atomic E-state index is 4.39. The Balaban J connectivity index is 1.96. The lowest BCUT2D eigenvalue weighted by molar-refractivity contribution is 0.823. The van der Waals surface area contributed by atoms with Crippen LogP contribution in [0, 0.1) is 0 Å². The molecular formula is C14H14N4. The summed E-state index contributed by atoms with van der Waals surface area (Å²) < 4.78 is 2.14. The van der Waals surface area contributed by atoms with Crippen molar-refractivity contribution in [3.63, 3.8) is 0 Å². The van der Waals surface area contributed by atoms with Crippen molar-refractivity contribution in [3.05, 3.63) is 54.5 Å². The van der Waals surface area contributed by atoms with Crippen molar-refractivity contribution in [2.75, 3.05) is 12.4 Å². The first-order valence-electron chi connectivity index (χ1n) is 5.89. The Bertz CT molecular complexity index is 672. The number of anilines is 1. The van der Waals surface area contributed by atoms with Crippen LogP contribution in [0.1, 0.15) is 5.56 Å². The minimum Gasteiger partial charge on any atom is -0.373 e. The summed E-state index contributed by atoms with van der Waals surface area (Å²) in [4.78, 5) is 8.60. The van der Waals surface area contributed by atoms with Gasteiger partial charge in [-0.1, -0.05) is 12.1 Å². The summed E-state index contributed by atoms with van der Waals surface area (Å²) in [6.07, 6.45) is 3.70. The Labute approximate surface area is 105 Å². The molecule has 3 rings (SSSR count). The third-order valence-corrected chi connectivity index (χ3v) is 2.96. The van der Waals surface area contributed by atoms with E-state index in [-0.39, 0.29) is 0 Å². The van der Waals surface area contributed by atoms with Crippen molar-refractivity contribution in [2.24, 2.45) is 0 Å². The van der Waals surface area contributed by atoms with E-state index in [1.165, 1.54) is 5.56 Å². The van der Waals surface area contributed by atoms with Gasteiger partial charge in [0, 0.05) is 19.8 Å². The van der Waals surface area contributed by atoms with E-state index in [0.29, 0.717) is 0 Å². The van der Waals surface area contributed by atoms with E-state index in [0.717, 1.165) is 23.4 Å². The van der Waals surface area contributed by atoms with Crippen LogP contribution in [0.25, 0.3) is 11.0 Å². The van der Waals surface area contributed by atoms with Crippen molar-refractivity contribution in [1.82, 2.24) is 14.5 Å². The molecule has 1 N–H and O–H groups in total. The molecule has 4 nitrogen and oxygen atoms in total. The normalized spacial score (nSPS) is 10.7. The van der Waals surface area contributed by atoms with Gasteiger partial charge in [-0.15, -0.1) is 0 Å². The quantitative estimate of drug-likeness (QED) is 0.762. The van der Waals surface area contributed by atoms with Crippen LogP contribution in [0.15, 0.2) is 48.9 Å². The second-order valence-electron chi connectivity index (χ2n) is 4.16. The molecule has 0 saturated heterocycles. The molecule has 3 aromatic rings. The van der Waals surface area contributed by atoms with E-state index in [9.17, 15) is 0 Å². The van der Waals surface area contributed by atoms with Gasteiger partial charge in [0.25, 0.3) is 0 Å². The van der Waals surface area contributed by atoms with Crippen LogP contribution in [-0.4, -0.2) is 21.6 Å². The lowest BCUT2D eigenvalue weighted by Gasteiger charge is -2.06. The maximum absolute atomic E-state index is 4.39. The molecule has 0 saturated carbocycles. The molecular weight excluding hydrogens is 224 g/mol. The second kappa shape index (κ2) is 4.49. The van der Waals surface area contributed by atoms with Crippen LogP contribution in [0.4, 0.5) is 5.82 Å². The van der Waals surface area contributed by atoms with Gasteiger partial charge in [-0.2, -0.15) is 0 Å². The molecule has 0 aliphatic heterocycles. The van der Waals surface area contributed by atoms with Gasteiger partial charge >= 0.3 is 0 Å². The van der Waals surface area contributed by atoms with Gasteiger partial charge in [-0.05, 0) is 29.8 Å². The van der Waals surface area contributed by atoms with Gasteiger partial charge < -0.3 is 9.88 Å². The van der Waals surface area contributed by atoms with E-state index >= 15 is 0 Å². The Hall–Kier alpha value is -2.36. The Morgan fingerprint density at radius 3 is 2.94 bits per heavy atom. The first-order chi connectivity index (χ1) is 8.86. The van der Waals surface area contributed by atoms with Gasteiger partial charge in [-0.25, -0.2) is 9.97 Å². The van der Waals surface area contributed by atoms with E-state index in [2.05, 4.69) is 32.0 Å². The van der Waals surface area contributed by atoms with Crippen LogP contribution in [0.5, 0.6) is 0 Å². The number of nitrogens with zero attached hydrogens (tertiary/aromatic N) is 3. The fourth-order valence-corrected chi connectivity index (χ4v) is 2.04. The first kappa shape index (κ1) is 10.8. The third kappa shape index (κ3) is 1.93. The van der Waals surface area contributed by atoms with Crippen LogP contribution in [-0.2, 0) is 6.54 Å². The molecule has 90 valence electrons. The van der Waals surface area contributed by atoms with Crippen molar-refractivity contribution < 1.29 is 0 Å². The molecule has 0 amide bonds. The number of hydrogen-bond donors (Lipinski definition) is 1. The van der Waals surface area contributed by atoms with Gasteiger partial charge in [0.1, 0.15) is 5.82 Å². The number of imidazole rings is 1. The zero-order valence-electron chi connectivity index (χ0n) is 10.2. The zero-order chi connectivity index (χ0) is 12.4. The van der Waals surface area contributed by atoms with Crippen LogP contribution < -0.4 is 5.32 Å². The monoisotopic (exact) mass is 238 g/mol. The fraction of sp³-hybridized carbons (Fsp3) is 0.143. The SMILES string of the molecule is CNc1cc(Cn2cnc3ccccc32)ccn1. The van der Waals surface area contributed by atoms with Gasteiger partial charge in [0.15, 0.2) is 0 Å². The summed E-state index contributed by atoms with van der Waals surface area (Å²) in [6, 6.07) is 12.2. The Kier molecular flexibility index (Phi) is 2.68. The van der Waals surface area contributed by atoms with Crippen LogP contribution >= 0.6 is 0 Å². The number of rotatable bonds is 3. The molecule has 0 bridgehead atoms. The summed E-state index contributed by atoms with van der Waals surface area (Å²) >= 11 is 0. The average Bonchev–Trinajstić information content (AvgIpc) is 2.83. The van der Waals surface area contributed by atoms with Crippen molar-refractivity contribution in [1.29, 1.82) is 0 Å². The molecule has 4 heteroatoms. The molecule has 0 aliphatic carbocycles. The highest BCUT2D eigenvalue weighted by Crippen LogP contribution is 2.14. The highest BCUT2D eigenvalue weighted by atomic mass is 15.0. The molecule has 0 fully saturated rings. The van der Waals surface area contributed by atoms with Gasteiger partial charge in [0.2, 0.25) is 0 Å². The number of aromatic nitrogens is 3. The topological polar surface area (TPSA) is 42.7 Å². The molecule has 0 radical (unpaired) electrons. The maximum Gasteiger partial charge on any atom is 0.125 e. The summed E-state index contributed by atoms with van der Waals surface area (Å²) in [5, 5.41) is 3.05. The molecule has 0 atom stereocenters. The van der Waals surface area contributed by atoms with Crippen molar-refractivity contribution >= 4 is 16.9 Å². The van der Waals surface area contributed by atoms with E-state index in [4.69, 9.17) is 0 Å². The largest absolute Gasteiger partial charge is 0.373 e. The number of benzene rings is 1. The van der Waals surface area contributed by atoms with Gasteiger partial charge in [-0.3, -0.25) is 0 Å². The Morgan fingerprint density at radius 1 is 1.17 bits per heavy atom. The van der Waals surface area contributed by atoms with E-state index in [1.807, 2.05) is 43.8 Å². The van der Waals surface area contributed by atoms with Crippen molar-refractivity contribution in [2.45, 2.75) is 6.54 Å². The predicted molar refractivity (Wildman–Crippen MR) is 72.6 cm³/mol. The minimum atomic E-state index is 0.803. The number of fused-ring (bicyclic) bond motifs is 1. The fourth-order valence-electron chi connectivity index (χ4n) is 2.04. The highest BCUT2D eigenvalue weighted by molar-refractivity contribution is 5.75. The number of pyridine rings is 1. The van der Waals surface area contributed by atoms with Gasteiger partial charge in [0.05, 0.1) is 17.4 Å². The predicted octanol–water partition coefficient (Wildman–Crippen LogP) is 2.52. The van der Waals surface area contributed by atoms with E-state index < -0.39 is 0 Å². The average molecular weight is 238 g/mol. The third-order valence-electron chi connectivity index (χ3n) is 2.96. The number of hydrogen-bond acceptors (Lipinski definition) is 3. The lowest BCUT2D eigenvalue weighted by atomic mass is 10.2. The minimum absolute atomic E-state index is 0.803. The van der Waals surface area contributed by atoms with Crippen LogP contribution in [0.3, 0.4) is 0 Å². The van der Waals surface area contributed by atoms with Crippen molar-refractivity contribution in [3.8, 4) is 0 Å². The highest BCUT2D eigenvalue weighted by Gasteiger charge is 2.02. The summed E-state index contributed by atoms with van der Waals surface area (Å²) in [5.41, 5.74) is 3.39. The summed E-state index contributed by atoms with van der Waals surface area (Å²) in [5.74, 6) is 0.886. The molecule has 0 aliphatic rings. The standard InChI is InChI=1S/C14H14N4/c1-15-14-8-11(6-7-16-14)9-18-10-17-12-4-2-3-5-13(12)18/h2-8,10H,9H2,1H3,(H,15,16). The molecule has 2 heterocycles.